The molecule has 1 saturated heterocycles. The Kier molecular flexibility index (Phi) is 3.13. The molecule has 1 heterocycles. The quantitative estimate of drug-likeness (QED) is 0.616. The van der Waals surface area contributed by atoms with Crippen molar-refractivity contribution in [1.29, 1.82) is 0 Å². The number of terminal acetylenes is 1. The Morgan fingerprint density at radius 2 is 2.08 bits per heavy atom. The molecule has 0 amide bonds. The van der Waals surface area contributed by atoms with Gasteiger partial charge in [-0.2, -0.15) is 0 Å². The van der Waals surface area contributed by atoms with Gasteiger partial charge in [0.15, 0.2) is 0 Å². The van der Waals surface area contributed by atoms with E-state index in [2.05, 4.69) is 17.7 Å². The molecule has 1 rings (SSSR count). The molecular formula is C10H17NO. The second-order valence-electron chi connectivity index (χ2n) is 3.52. The van der Waals surface area contributed by atoms with Crippen LogP contribution in [0, 0.1) is 12.3 Å². The number of rotatable bonds is 2. The van der Waals surface area contributed by atoms with Gasteiger partial charge >= 0.3 is 0 Å². The smallest absolute Gasteiger partial charge is 0.127 e. The molecule has 0 aromatic carbocycles. The van der Waals surface area contributed by atoms with Gasteiger partial charge in [0.25, 0.3) is 0 Å². The number of aliphatic hydroxyl groups is 1. The Bertz CT molecular complexity index is 175. The molecule has 0 atom stereocenters. The van der Waals surface area contributed by atoms with Gasteiger partial charge in [0.2, 0.25) is 0 Å². The van der Waals surface area contributed by atoms with Gasteiger partial charge in [0.05, 0.1) is 0 Å². The van der Waals surface area contributed by atoms with Gasteiger partial charge in [0, 0.05) is 25.9 Å². The highest BCUT2D eigenvalue weighted by molar-refractivity contribution is 5.09. The van der Waals surface area contributed by atoms with Crippen LogP contribution in [0.4, 0.5) is 0 Å². The van der Waals surface area contributed by atoms with Gasteiger partial charge in [-0.25, -0.2) is 0 Å². The van der Waals surface area contributed by atoms with E-state index in [1.165, 1.54) is 6.42 Å². The molecule has 0 saturated carbocycles. The van der Waals surface area contributed by atoms with Crippen LogP contribution in [0.15, 0.2) is 0 Å². The van der Waals surface area contributed by atoms with Crippen LogP contribution in [0.3, 0.4) is 0 Å². The number of likely N-dealkylation sites (tertiary alicyclic amines) is 1. The molecule has 0 radical (unpaired) electrons. The van der Waals surface area contributed by atoms with Crippen LogP contribution < -0.4 is 0 Å². The van der Waals surface area contributed by atoms with Crippen molar-refractivity contribution in [2.45, 2.75) is 31.8 Å². The topological polar surface area (TPSA) is 23.5 Å². The maximum atomic E-state index is 9.70. The second-order valence-corrected chi connectivity index (χ2v) is 3.52. The molecule has 1 N–H and O–H groups in total. The first-order valence-corrected chi connectivity index (χ1v) is 4.63. The van der Waals surface area contributed by atoms with Gasteiger partial charge in [-0.1, -0.05) is 12.8 Å². The van der Waals surface area contributed by atoms with Crippen molar-refractivity contribution in [3.05, 3.63) is 0 Å². The fraction of sp³-hybridized carbons (Fsp3) is 0.800. The van der Waals surface area contributed by atoms with Crippen LogP contribution in [0.25, 0.3) is 0 Å². The molecule has 0 bridgehead atoms. The van der Waals surface area contributed by atoms with E-state index >= 15 is 0 Å². The molecule has 0 aromatic rings. The fourth-order valence-corrected chi connectivity index (χ4v) is 1.61. The van der Waals surface area contributed by atoms with E-state index in [0.29, 0.717) is 0 Å². The molecule has 0 spiro atoms. The van der Waals surface area contributed by atoms with Crippen LogP contribution in [0.1, 0.15) is 26.2 Å². The average Bonchev–Trinajstić information content (AvgIpc) is 2.10. The third kappa shape index (κ3) is 2.23. The molecule has 1 fully saturated rings. The maximum absolute atomic E-state index is 9.70. The molecule has 0 aromatic heterocycles. The zero-order chi connectivity index (χ0) is 9.03. The molecular weight excluding hydrogens is 150 g/mol. The number of nitrogens with zero attached hydrogens (tertiary/aromatic N) is 1. The summed E-state index contributed by atoms with van der Waals surface area (Å²) >= 11 is 0. The predicted molar refractivity (Wildman–Crippen MR) is 49.7 cm³/mol. The van der Waals surface area contributed by atoms with Crippen molar-refractivity contribution in [1.82, 2.24) is 4.90 Å². The van der Waals surface area contributed by atoms with E-state index in [4.69, 9.17) is 6.42 Å². The Hall–Kier alpha value is -0.520. The van der Waals surface area contributed by atoms with Crippen molar-refractivity contribution in [3.8, 4) is 12.3 Å². The molecule has 0 aliphatic carbocycles. The van der Waals surface area contributed by atoms with Crippen molar-refractivity contribution in [2.24, 2.45) is 0 Å². The first-order valence-electron chi connectivity index (χ1n) is 4.63. The van der Waals surface area contributed by atoms with E-state index in [9.17, 15) is 5.11 Å². The SMILES string of the molecule is C#CC1(O)CCN(CCC)CC1. The second kappa shape index (κ2) is 3.93. The molecule has 1 aliphatic heterocycles. The summed E-state index contributed by atoms with van der Waals surface area (Å²) in [7, 11) is 0. The fourth-order valence-electron chi connectivity index (χ4n) is 1.61. The summed E-state index contributed by atoms with van der Waals surface area (Å²) in [5, 5.41) is 9.70. The molecule has 1 aliphatic rings. The summed E-state index contributed by atoms with van der Waals surface area (Å²) in [5.41, 5.74) is -0.815. The highest BCUT2D eigenvalue weighted by Crippen LogP contribution is 2.20. The summed E-state index contributed by atoms with van der Waals surface area (Å²) in [6.07, 6.45) is 7.86. The Morgan fingerprint density at radius 3 is 2.50 bits per heavy atom. The van der Waals surface area contributed by atoms with Crippen LogP contribution in [-0.4, -0.2) is 35.2 Å². The minimum atomic E-state index is -0.815. The largest absolute Gasteiger partial charge is 0.378 e. The zero-order valence-electron chi connectivity index (χ0n) is 7.71. The highest BCUT2D eigenvalue weighted by Gasteiger charge is 2.29. The molecule has 0 unspecified atom stereocenters. The van der Waals surface area contributed by atoms with E-state index in [-0.39, 0.29) is 0 Å². The first kappa shape index (κ1) is 9.57. The van der Waals surface area contributed by atoms with E-state index in [1.54, 1.807) is 0 Å². The average molecular weight is 167 g/mol. The lowest BCUT2D eigenvalue weighted by molar-refractivity contribution is 0.0274. The maximum Gasteiger partial charge on any atom is 0.127 e. The predicted octanol–water partition coefficient (Wildman–Crippen LogP) is 0.857. The first-order chi connectivity index (χ1) is 5.70. The van der Waals surface area contributed by atoms with Crippen LogP contribution >= 0.6 is 0 Å². The minimum absolute atomic E-state index is 0.726. The van der Waals surface area contributed by atoms with Gasteiger partial charge < -0.3 is 10.0 Å². The molecule has 68 valence electrons. The number of hydrogen-bond acceptors (Lipinski definition) is 2. The lowest BCUT2D eigenvalue weighted by Gasteiger charge is -2.34. The summed E-state index contributed by atoms with van der Waals surface area (Å²) in [4.78, 5) is 2.35. The summed E-state index contributed by atoms with van der Waals surface area (Å²) < 4.78 is 0. The Morgan fingerprint density at radius 1 is 1.50 bits per heavy atom. The van der Waals surface area contributed by atoms with E-state index < -0.39 is 5.60 Å². The van der Waals surface area contributed by atoms with Crippen molar-refractivity contribution in [3.63, 3.8) is 0 Å². The lowest BCUT2D eigenvalue weighted by Crippen LogP contribution is -2.43. The number of hydrogen-bond donors (Lipinski definition) is 1. The Balaban J connectivity index is 2.35. The third-order valence-electron chi connectivity index (χ3n) is 2.49. The molecule has 2 nitrogen and oxygen atoms in total. The highest BCUT2D eigenvalue weighted by atomic mass is 16.3. The van der Waals surface area contributed by atoms with Crippen LogP contribution in [0.5, 0.6) is 0 Å². The normalized spacial score (nSPS) is 23.4. The van der Waals surface area contributed by atoms with Gasteiger partial charge in [-0.05, 0) is 13.0 Å². The van der Waals surface area contributed by atoms with Gasteiger partial charge in [-0.3, -0.25) is 0 Å². The van der Waals surface area contributed by atoms with E-state index in [1.807, 2.05) is 0 Å². The summed E-state index contributed by atoms with van der Waals surface area (Å²) in [6.45, 7) is 5.17. The summed E-state index contributed by atoms with van der Waals surface area (Å²) in [5.74, 6) is 2.47. The zero-order valence-corrected chi connectivity index (χ0v) is 7.71. The van der Waals surface area contributed by atoms with Crippen molar-refractivity contribution in [2.75, 3.05) is 19.6 Å². The molecule has 2 heteroatoms. The van der Waals surface area contributed by atoms with Crippen molar-refractivity contribution < 1.29 is 5.11 Å². The number of piperidine rings is 1. The monoisotopic (exact) mass is 167 g/mol. The van der Waals surface area contributed by atoms with Crippen LogP contribution in [-0.2, 0) is 0 Å². The third-order valence-corrected chi connectivity index (χ3v) is 2.49. The van der Waals surface area contributed by atoms with E-state index in [0.717, 1.165) is 32.5 Å². The van der Waals surface area contributed by atoms with Crippen molar-refractivity contribution >= 4 is 0 Å². The van der Waals surface area contributed by atoms with Gasteiger partial charge in [0.1, 0.15) is 5.60 Å². The lowest BCUT2D eigenvalue weighted by atomic mass is 9.92. The van der Waals surface area contributed by atoms with Gasteiger partial charge in [-0.15, -0.1) is 6.42 Å². The summed E-state index contributed by atoms with van der Waals surface area (Å²) in [6, 6.07) is 0. The molecule has 12 heavy (non-hydrogen) atoms. The van der Waals surface area contributed by atoms with Crippen LogP contribution in [0.2, 0.25) is 0 Å². The Labute approximate surface area is 74.6 Å². The standard InChI is InChI=1S/C10H17NO/c1-3-7-11-8-5-10(12,4-2)6-9-11/h2,12H,3,5-9H2,1H3. The minimum Gasteiger partial charge on any atom is -0.378 e.